The molecule has 27 heavy (non-hydrogen) atoms. The summed E-state index contributed by atoms with van der Waals surface area (Å²) in [4.78, 5) is 27.3. The molecular weight excluding hydrogens is 342 g/mol. The Morgan fingerprint density at radius 3 is 2.26 bits per heavy atom. The molecule has 1 saturated heterocycles. The maximum absolute atomic E-state index is 12.7. The Kier molecular flexibility index (Phi) is 5.74. The van der Waals surface area contributed by atoms with E-state index in [1.54, 1.807) is 6.92 Å². The third-order valence-electron chi connectivity index (χ3n) is 7.30. The molecule has 4 aliphatic carbocycles. The predicted octanol–water partition coefficient (Wildman–Crippen LogP) is 1.55. The van der Waals surface area contributed by atoms with Crippen LogP contribution in [-0.4, -0.2) is 62.1 Å². The summed E-state index contributed by atoms with van der Waals surface area (Å²) >= 11 is 0. The van der Waals surface area contributed by atoms with E-state index in [0.29, 0.717) is 13.0 Å². The molecule has 6 nitrogen and oxygen atoms in total. The van der Waals surface area contributed by atoms with Crippen molar-refractivity contribution in [1.29, 1.82) is 0 Å². The lowest BCUT2D eigenvalue weighted by Gasteiger charge is -2.56. The van der Waals surface area contributed by atoms with Gasteiger partial charge in [0.05, 0.1) is 13.2 Å². The van der Waals surface area contributed by atoms with E-state index in [4.69, 9.17) is 4.74 Å². The van der Waals surface area contributed by atoms with E-state index in [1.807, 2.05) is 0 Å². The standard InChI is InChI=1S/C21H35N3O3/c1-15(20(26)22-2-3-24-4-6-27-7-5-24)23-19(25)14-21-11-16-8-17(12-21)10-18(9-16)13-21/h15-18H,2-14H2,1H3,(H,22,26)(H,23,25). The number of carbonyl (C=O) groups excluding carboxylic acids is 2. The molecule has 0 aromatic rings. The molecule has 2 N–H and O–H groups in total. The van der Waals surface area contributed by atoms with Gasteiger partial charge in [-0.05, 0) is 68.6 Å². The summed E-state index contributed by atoms with van der Waals surface area (Å²) in [5.41, 5.74) is 0.228. The SMILES string of the molecule is CC(NC(=O)CC12CC3CC(CC(C3)C1)C2)C(=O)NCCN1CCOCC1. The number of ether oxygens (including phenoxy) is 1. The second-order valence-corrected chi connectivity index (χ2v) is 9.63. The first kappa shape index (κ1) is 19.2. The van der Waals surface area contributed by atoms with Gasteiger partial charge in [0.1, 0.15) is 6.04 Å². The Hall–Kier alpha value is -1.14. The van der Waals surface area contributed by atoms with Gasteiger partial charge in [-0.2, -0.15) is 0 Å². The Morgan fingerprint density at radius 2 is 1.67 bits per heavy atom. The van der Waals surface area contributed by atoms with Gasteiger partial charge in [0.2, 0.25) is 11.8 Å². The summed E-state index contributed by atoms with van der Waals surface area (Å²) in [7, 11) is 0. The van der Waals surface area contributed by atoms with Crippen molar-refractivity contribution in [3.05, 3.63) is 0 Å². The van der Waals surface area contributed by atoms with Crippen LogP contribution in [-0.2, 0) is 14.3 Å². The van der Waals surface area contributed by atoms with Crippen LogP contribution in [0, 0.1) is 23.2 Å². The van der Waals surface area contributed by atoms with Gasteiger partial charge in [0.15, 0.2) is 0 Å². The second kappa shape index (κ2) is 8.08. The first-order chi connectivity index (χ1) is 13.0. The largest absolute Gasteiger partial charge is 0.379 e. The van der Waals surface area contributed by atoms with Gasteiger partial charge in [0, 0.05) is 32.6 Å². The molecular formula is C21H35N3O3. The van der Waals surface area contributed by atoms with E-state index >= 15 is 0 Å². The molecule has 0 spiro atoms. The van der Waals surface area contributed by atoms with Crippen LogP contribution in [0.5, 0.6) is 0 Å². The molecule has 4 bridgehead atoms. The number of rotatable bonds is 7. The maximum atomic E-state index is 12.7. The number of nitrogens with zero attached hydrogens (tertiary/aromatic N) is 1. The van der Waals surface area contributed by atoms with Crippen LogP contribution < -0.4 is 10.6 Å². The zero-order valence-electron chi connectivity index (χ0n) is 16.7. The highest BCUT2D eigenvalue weighted by atomic mass is 16.5. The van der Waals surface area contributed by atoms with Crippen molar-refractivity contribution >= 4 is 11.8 Å². The summed E-state index contributed by atoms with van der Waals surface area (Å²) in [5.74, 6) is 2.54. The van der Waals surface area contributed by atoms with Gasteiger partial charge in [-0.25, -0.2) is 0 Å². The van der Waals surface area contributed by atoms with Gasteiger partial charge in [-0.15, -0.1) is 0 Å². The molecule has 4 saturated carbocycles. The minimum Gasteiger partial charge on any atom is -0.379 e. The number of amides is 2. The van der Waals surface area contributed by atoms with Crippen LogP contribution >= 0.6 is 0 Å². The summed E-state index contributed by atoms with van der Waals surface area (Å²) in [6.07, 6.45) is 8.47. The zero-order chi connectivity index (χ0) is 18.9. The Balaban J connectivity index is 1.19. The maximum Gasteiger partial charge on any atom is 0.242 e. The number of morpholine rings is 1. The fraction of sp³-hybridized carbons (Fsp3) is 0.905. The third-order valence-corrected chi connectivity index (χ3v) is 7.30. The normalized spacial score (nSPS) is 36.4. The summed E-state index contributed by atoms with van der Waals surface area (Å²) in [6.45, 7) is 6.63. The highest BCUT2D eigenvalue weighted by Gasteiger charge is 2.51. The highest BCUT2D eigenvalue weighted by Crippen LogP contribution is 2.61. The van der Waals surface area contributed by atoms with Crippen molar-refractivity contribution in [2.75, 3.05) is 39.4 Å². The Morgan fingerprint density at radius 1 is 1.07 bits per heavy atom. The van der Waals surface area contributed by atoms with Crippen molar-refractivity contribution < 1.29 is 14.3 Å². The lowest BCUT2D eigenvalue weighted by Crippen LogP contribution is -2.51. The van der Waals surface area contributed by atoms with Crippen LogP contribution in [0.1, 0.15) is 51.9 Å². The minimum atomic E-state index is -0.462. The lowest BCUT2D eigenvalue weighted by atomic mass is 9.49. The fourth-order valence-corrected chi connectivity index (χ4v) is 6.52. The molecule has 1 aliphatic heterocycles. The Bertz CT molecular complexity index is 524. The van der Waals surface area contributed by atoms with Crippen molar-refractivity contribution in [3.8, 4) is 0 Å². The third kappa shape index (κ3) is 4.65. The molecule has 152 valence electrons. The van der Waals surface area contributed by atoms with Crippen molar-refractivity contribution in [2.24, 2.45) is 23.2 Å². The molecule has 2 amide bonds. The van der Waals surface area contributed by atoms with E-state index in [9.17, 15) is 9.59 Å². The minimum absolute atomic E-state index is 0.0628. The smallest absolute Gasteiger partial charge is 0.242 e. The predicted molar refractivity (Wildman–Crippen MR) is 103 cm³/mol. The first-order valence-electron chi connectivity index (χ1n) is 10.9. The quantitative estimate of drug-likeness (QED) is 0.706. The Labute approximate surface area is 162 Å². The zero-order valence-corrected chi connectivity index (χ0v) is 16.7. The molecule has 1 heterocycles. The molecule has 0 aromatic heterocycles. The van der Waals surface area contributed by atoms with E-state index < -0.39 is 6.04 Å². The van der Waals surface area contributed by atoms with E-state index in [0.717, 1.165) is 50.6 Å². The van der Waals surface area contributed by atoms with Gasteiger partial charge in [-0.3, -0.25) is 14.5 Å². The molecule has 6 heteroatoms. The molecule has 1 atom stereocenters. The summed E-state index contributed by atoms with van der Waals surface area (Å²) in [5, 5.41) is 5.92. The average molecular weight is 378 g/mol. The van der Waals surface area contributed by atoms with Crippen molar-refractivity contribution in [2.45, 2.75) is 57.9 Å². The van der Waals surface area contributed by atoms with Crippen LogP contribution in [0.2, 0.25) is 0 Å². The van der Waals surface area contributed by atoms with E-state index in [1.165, 1.54) is 38.5 Å². The summed E-state index contributed by atoms with van der Waals surface area (Å²) in [6, 6.07) is -0.462. The van der Waals surface area contributed by atoms with E-state index in [-0.39, 0.29) is 17.2 Å². The molecule has 0 radical (unpaired) electrons. The molecule has 5 fully saturated rings. The summed E-state index contributed by atoms with van der Waals surface area (Å²) < 4.78 is 5.33. The molecule has 5 aliphatic rings. The average Bonchev–Trinajstić information content (AvgIpc) is 2.60. The van der Waals surface area contributed by atoms with Gasteiger partial charge < -0.3 is 15.4 Å². The number of hydrogen-bond acceptors (Lipinski definition) is 4. The molecule has 5 rings (SSSR count). The van der Waals surface area contributed by atoms with Crippen LogP contribution in [0.25, 0.3) is 0 Å². The fourth-order valence-electron chi connectivity index (χ4n) is 6.52. The van der Waals surface area contributed by atoms with Crippen LogP contribution in [0.4, 0.5) is 0 Å². The topological polar surface area (TPSA) is 70.7 Å². The van der Waals surface area contributed by atoms with Crippen molar-refractivity contribution in [3.63, 3.8) is 0 Å². The van der Waals surface area contributed by atoms with Crippen LogP contribution in [0.15, 0.2) is 0 Å². The van der Waals surface area contributed by atoms with E-state index in [2.05, 4.69) is 15.5 Å². The number of carbonyl (C=O) groups is 2. The number of hydrogen-bond donors (Lipinski definition) is 2. The van der Waals surface area contributed by atoms with Gasteiger partial charge in [-0.1, -0.05) is 0 Å². The highest BCUT2D eigenvalue weighted by molar-refractivity contribution is 5.87. The molecule has 1 unspecified atom stereocenters. The second-order valence-electron chi connectivity index (χ2n) is 9.63. The number of nitrogens with one attached hydrogen (secondary N) is 2. The first-order valence-corrected chi connectivity index (χ1v) is 10.9. The lowest BCUT2D eigenvalue weighted by molar-refractivity contribution is -0.133. The van der Waals surface area contributed by atoms with Crippen LogP contribution in [0.3, 0.4) is 0 Å². The molecule has 0 aromatic carbocycles. The van der Waals surface area contributed by atoms with Crippen molar-refractivity contribution in [1.82, 2.24) is 15.5 Å². The van der Waals surface area contributed by atoms with Gasteiger partial charge >= 0.3 is 0 Å². The van der Waals surface area contributed by atoms with Gasteiger partial charge in [0.25, 0.3) is 0 Å². The monoisotopic (exact) mass is 377 g/mol.